The van der Waals surface area contributed by atoms with E-state index in [-0.39, 0.29) is 0 Å². The van der Waals surface area contributed by atoms with Crippen molar-refractivity contribution in [1.82, 2.24) is 4.57 Å². The first-order valence-electron chi connectivity index (χ1n) is 6.47. The van der Waals surface area contributed by atoms with Gasteiger partial charge in [-0.15, -0.1) is 6.58 Å². The second-order valence-corrected chi connectivity index (χ2v) is 4.71. The van der Waals surface area contributed by atoms with E-state index in [4.69, 9.17) is 0 Å². The van der Waals surface area contributed by atoms with E-state index in [1.54, 1.807) is 0 Å². The molecular formula is C16H21N. The molecular weight excluding hydrogens is 206 g/mol. The van der Waals surface area contributed by atoms with Gasteiger partial charge in [-0.2, -0.15) is 0 Å². The van der Waals surface area contributed by atoms with Crippen molar-refractivity contribution in [2.75, 3.05) is 0 Å². The summed E-state index contributed by atoms with van der Waals surface area (Å²) >= 11 is 0. The highest BCUT2D eigenvalue weighted by molar-refractivity contribution is 5.80. The molecule has 1 aromatic carbocycles. The molecule has 0 N–H and O–H groups in total. The van der Waals surface area contributed by atoms with Crippen molar-refractivity contribution in [1.29, 1.82) is 0 Å². The number of rotatable bonds is 6. The Morgan fingerprint density at radius 2 is 2.06 bits per heavy atom. The molecule has 0 unspecified atom stereocenters. The van der Waals surface area contributed by atoms with Crippen LogP contribution in [0.15, 0.2) is 43.1 Å². The lowest BCUT2D eigenvalue weighted by Crippen LogP contribution is -1.95. The highest BCUT2D eigenvalue weighted by atomic mass is 14.9. The SMILES string of the molecule is C=CCCCCCn1ccc2cc(C)ccc21. The number of unbranched alkanes of at least 4 members (excludes halogenated alkanes) is 3. The molecule has 0 aliphatic rings. The van der Waals surface area contributed by atoms with Gasteiger partial charge in [0.1, 0.15) is 0 Å². The number of hydrogen-bond acceptors (Lipinski definition) is 0. The van der Waals surface area contributed by atoms with Crippen molar-refractivity contribution in [3.05, 3.63) is 48.7 Å². The molecule has 0 bridgehead atoms. The third kappa shape index (κ3) is 3.00. The van der Waals surface area contributed by atoms with E-state index >= 15 is 0 Å². The van der Waals surface area contributed by atoms with Crippen molar-refractivity contribution >= 4 is 10.9 Å². The molecule has 0 spiro atoms. The topological polar surface area (TPSA) is 4.93 Å². The van der Waals surface area contributed by atoms with Crippen molar-refractivity contribution in [3.8, 4) is 0 Å². The van der Waals surface area contributed by atoms with Crippen LogP contribution in [0.4, 0.5) is 0 Å². The maximum absolute atomic E-state index is 3.75. The Morgan fingerprint density at radius 1 is 1.18 bits per heavy atom. The smallest absolute Gasteiger partial charge is 0.0480 e. The summed E-state index contributed by atoms with van der Waals surface area (Å²) in [5.74, 6) is 0. The highest BCUT2D eigenvalue weighted by Gasteiger charge is 2.00. The molecule has 0 saturated heterocycles. The third-order valence-electron chi connectivity index (χ3n) is 3.23. The lowest BCUT2D eigenvalue weighted by atomic mass is 10.2. The van der Waals surface area contributed by atoms with Crippen molar-refractivity contribution in [2.45, 2.75) is 39.2 Å². The molecule has 0 aliphatic carbocycles. The Morgan fingerprint density at radius 3 is 2.88 bits per heavy atom. The van der Waals surface area contributed by atoms with E-state index in [9.17, 15) is 0 Å². The van der Waals surface area contributed by atoms with Gasteiger partial charge in [-0.05, 0) is 49.8 Å². The summed E-state index contributed by atoms with van der Waals surface area (Å²) < 4.78 is 2.36. The lowest BCUT2D eigenvalue weighted by Gasteiger charge is -2.05. The molecule has 2 aromatic rings. The molecule has 1 aromatic heterocycles. The largest absolute Gasteiger partial charge is 0.347 e. The number of allylic oxidation sites excluding steroid dienone is 1. The average molecular weight is 227 g/mol. The van der Waals surface area contributed by atoms with Crippen LogP contribution >= 0.6 is 0 Å². The Hall–Kier alpha value is -1.50. The molecule has 17 heavy (non-hydrogen) atoms. The van der Waals surface area contributed by atoms with Crippen LogP contribution < -0.4 is 0 Å². The van der Waals surface area contributed by atoms with Crippen molar-refractivity contribution < 1.29 is 0 Å². The van der Waals surface area contributed by atoms with Crippen LogP contribution in [0.3, 0.4) is 0 Å². The van der Waals surface area contributed by atoms with Crippen molar-refractivity contribution in [2.24, 2.45) is 0 Å². The summed E-state index contributed by atoms with van der Waals surface area (Å²) in [6.45, 7) is 7.03. The van der Waals surface area contributed by atoms with Gasteiger partial charge in [0.2, 0.25) is 0 Å². The first kappa shape index (κ1) is 12.0. The summed E-state index contributed by atoms with van der Waals surface area (Å²) in [6, 6.07) is 8.89. The molecule has 0 fully saturated rings. The van der Waals surface area contributed by atoms with E-state index in [2.05, 4.69) is 48.5 Å². The third-order valence-corrected chi connectivity index (χ3v) is 3.23. The monoisotopic (exact) mass is 227 g/mol. The van der Waals surface area contributed by atoms with E-state index in [0.717, 1.165) is 13.0 Å². The quantitative estimate of drug-likeness (QED) is 0.498. The fourth-order valence-corrected chi connectivity index (χ4v) is 2.26. The number of nitrogens with zero attached hydrogens (tertiary/aromatic N) is 1. The molecule has 0 saturated carbocycles. The Bertz CT molecular complexity index is 493. The summed E-state index contributed by atoms with van der Waals surface area (Å²) in [7, 11) is 0. The van der Waals surface area contributed by atoms with E-state index in [1.165, 1.54) is 35.7 Å². The van der Waals surface area contributed by atoms with E-state index in [0.29, 0.717) is 0 Å². The van der Waals surface area contributed by atoms with Crippen LogP contribution in [0, 0.1) is 6.92 Å². The maximum atomic E-state index is 3.75. The number of aromatic nitrogens is 1. The lowest BCUT2D eigenvalue weighted by molar-refractivity contribution is 0.603. The normalized spacial score (nSPS) is 10.9. The zero-order valence-corrected chi connectivity index (χ0v) is 10.7. The molecule has 1 nitrogen and oxygen atoms in total. The number of fused-ring (bicyclic) bond motifs is 1. The molecule has 0 radical (unpaired) electrons. The van der Waals surface area contributed by atoms with Crippen molar-refractivity contribution in [3.63, 3.8) is 0 Å². The van der Waals surface area contributed by atoms with E-state index < -0.39 is 0 Å². The summed E-state index contributed by atoms with van der Waals surface area (Å²) in [5.41, 5.74) is 2.69. The zero-order chi connectivity index (χ0) is 12.1. The summed E-state index contributed by atoms with van der Waals surface area (Å²) in [6.07, 6.45) is 9.17. The fourth-order valence-electron chi connectivity index (χ4n) is 2.26. The Balaban J connectivity index is 1.97. The minimum absolute atomic E-state index is 1.13. The minimum Gasteiger partial charge on any atom is -0.347 e. The van der Waals surface area contributed by atoms with Gasteiger partial charge in [-0.25, -0.2) is 0 Å². The Labute approximate surface area is 104 Å². The van der Waals surface area contributed by atoms with Gasteiger partial charge in [0.25, 0.3) is 0 Å². The summed E-state index contributed by atoms with van der Waals surface area (Å²) in [4.78, 5) is 0. The predicted octanol–water partition coefficient (Wildman–Crippen LogP) is 4.70. The second-order valence-electron chi connectivity index (χ2n) is 4.71. The van der Waals surface area contributed by atoms with Gasteiger partial charge in [-0.1, -0.05) is 24.1 Å². The zero-order valence-electron chi connectivity index (χ0n) is 10.7. The van der Waals surface area contributed by atoms with Gasteiger partial charge >= 0.3 is 0 Å². The molecule has 0 aliphatic heterocycles. The second kappa shape index (κ2) is 5.72. The van der Waals surface area contributed by atoms with Crippen LogP contribution in [0.25, 0.3) is 10.9 Å². The molecule has 1 heterocycles. The molecule has 90 valence electrons. The standard InChI is InChI=1S/C16H21N/c1-3-4-5-6-7-11-17-12-10-15-13-14(2)8-9-16(15)17/h3,8-10,12-13H,1,4-7,11H2,2H3. The van der Waals surface area contributed by atoms with Crippen LogP contribution in [0.2, 0.25) is 0 Å². The van der Waals surface area contributed by atoms with Gasteiger partial charge in [0.15, 0.2) is 0 Å². The van der Waals surface area contributed by atoms with Gasteiger partial charge in [0, 0.05) is 18.3 Å². The van der Waals surface area contributed by atoms with Crippen LogP contribution in [0.1, 0.15) is 31.2 Å². The fraction of sp³-hybridized carbons (Fsp3) is 0.375. The molecule has 0 atom stereocenters. The van der Waals surface area contributed by atoms with E-state index in [1.807, 2.05) is 6.08 Å². The summed E-state index contributed by atoms with van der Waals surface area (Å²) in [5, 5.41) is 1.36. The average Bonchev–Trinajstić information content (AvgIpc) is 2.71. The Kier molecular flexibility index (Phi) is 4.03. The number of aryl methyl sites for hydroxylation is 2. The van der Waals surface area contributed by atoms with Gasteiger partial charge in [-0.3, -0.25) is 0 Å². The number of hydrogen-bond donors (Lipinski definition) is 0. The first-order valence-corrected chi connectivity index (χ1v) is 6.47. The highest BCUT2D eigenvalue weighted by Crippen LogP contribution is 2.18. The number of benzene rings is 1. The molecule has 0 amide bonds. The van der Waals surface area contributed by atoms with Crippen LogP contribution in [-0.4, -0.2) is 4.57 Å². The van der Waals surface area contributed by atoms with Crippen LogP contribution in [-0.2, 0) is 6.54 Å². The van der Waals surface area contributed by atoms with Gasteiger partial charge in [0.05, 0.1) is 0 Å². The maximum Gasteiger partial charge on any atom is 0.0480 e. The molecule has 2 rings (SSSR count). The first-order chi connectivity index (χ1) is 8.31. The molecule has 1 heteroatoms. The van der Waals surface area contributed by atoms with Gasteiger partial charge < -0.3 is 4.57 Å². The predicted molar refractivity (Wildman–Crippen MR) is 75.3 cm³/mol. The van der Waals surface area contributed by atoms with Crippen LogP contribution in [0.5, 0.6) is 0 Å². The minimum atomic E-state index is 1.13.